The maximum absolute atomic E-state index is 6.38. The van der Waals surface area contributed by atoms with Gasteiger partial charge < -0.3 is 9.64 Å². The first-order chi connectivity index (χ1) is 9.08. The number of benzene rings is 1. The number of aryl methyl sites for hydroxylation is 1. The van der Waals surface area contributed by atoms with Gasteiger partial charge in [0, 0.05) is 18.7 Å². The summed E-state index contributed by atoms with van der Waals surface area (Å²) in [6, 6.07) is 7.62. The predicted octanol–water partition coefficient (Wildman–Crippen LogP) is 3.44. The van der Waals surface area contributed by atoms with Crippen LogP contribution in [0.15, 0.2) is 18.2 Å². The summed E-state index contributed by atoms with van der Waals surface area (Å²) < 4.78 is 6.38. The fourth-order valence-electron chi connectivity index (χ4n) is 3.19. The van der Waals surface area contributed by atoms with Gasteiger partial charge in [0.25, 0.3) is 0 Å². The van der Waals surface area contributed by atoms with Crippen molar-refractivity contribution in [3.05, 3.63) is 35.4 Å². The molecule has 1 aromatic rings. The summed E-state index contributed by atoms with van der Waals surface area (Å²) in [6.45, 7) is 6.55. The van der Waals surface area contributed by atoms with E-state index in [1.54, 1.807) is 0 Å². The van der Waals surface area contributed by atoms with E-state index in [0.29, 0.717) is 0 Å². The van der Waals surface area contributed by atoms with Gasteiger partial charge in [-0.05, 0) is 26.4 Å². The molecule has 2 nitrogen and oxygen atoms in total. The van der Waals surface area contributed by atoms with E-state index < -0.39 is 0 Å². The molecule has 0 aromatic heterocycles. The Bertz CT molecular complexity index is 526. The van der Waals surface area contributed by atoms with E-state index in [-0.39, 0.29) is 25.1 Å². The molecule has 2 aliphatic rings. The van der Waals surface area contributed by atoms with E-state index in [1.165, 1.54) is 24.1 Å². The van der Waals surface area contributed by atoms with Crippen LogP contribution in [0.1, 0.15) is 37.3 Å². The van der Waals surface area contributed by atoms with E-state index in [1.807, 2.05) is 0 Å². The fourth-order valence-corrected chi connectivity index (χ4v) is 3.19. The summed E-state index contributed by atoms with van der Waals surface area (Å²) in [5.41, 5.74) is 3.54. The van der Waals surface area contributed by atoms with Crippen molar-refractivity contribution < 1.29 is 24.2 Å². The Labute approximate surface area is 135 Å². The molecule has 1 spiro atoms. The molecule has 1 fully saturated rings. The zero-order valence-electron chi connectivity index (χ0n) is 12.5. The normalized spacial score (nSPS) is 26.1. The molecule has 0 saturated carbocycles. The molecule has 20 heavy (non-hydrogen) atoms. The van der Waals surface area contributed by atoms with Crippen LogP contribution in [0.3, 0.4) is 0 Å². The summed E-state index contributed by atoms with van der Waals surface area (Å²) in [4.78, 5) is 2.40. The summed E-state index contributed by atoms with van der Waals surface area (Å²) >= 11 is 0. The zero-order valence-corrected chi connectivity index (χ0v) is 14.2. The van der Waals surface area contributed by atoms with Crippen molar-refractivity contribution >= 4 is 5.57 Å². The van der Waals surface area contributed by atoms with Crippen molar-refractivity contribution in [2.24, 2.45) is 0 Å². The van der Waals surface area contributed by atoms with Crippen molar-refractivity contribution in [3.8, 4) is 5.75 Å². The molecule has 3 heteroatoms. The van der Waals surface area contributed by atoms with Gasteiger partial charge in [0.15, 0.2) is 0 Å². The second-order valence-electron chi connectivity index (χ2n) is 6.03. The van der Waals surface area contributed by atoms with Gasteiger partial charge in [-0.1, -0.05) is 19.9 Å². The minimum atomic E-state index is -0.0923. The molecular formula is C17H22NORu. The Morgan fingerprint density at radius 2 is 2.00 bits per heavy atom. The van der Waals surface area contributed by atoms with Gasteiger partial charge in [0.05, 0.1) is 0 Å². The fraction of sp³-hybridized carbons (Fsp3) is 0.529. The van der Waals surface area contributed by atoms with E-state index in [2.05, 4.69) is 50.1 Å². The molecule has 1 radical (unpaired) electrons. The molecule has 1 aromatic carbocycles. The largest absolute Gasteiger partial charge is 1.00 e. The molecule has 0 aliphatic carbocycles. The van der Waals surface area contributed by atoms with E-state index in [0.717, 1.165) is 30.7 Å². The SMILES string of the molecule is CC1=CC2(CCCN(C)CC2)Oc2ccc(C)[c-]c21.[Ru+]. The van der Waals surface area contributed by atoms with Gasteiger partial charge in [-0.25, -0.2) is 0 Å². The van der Waals surface area contributed by atoms with E-state index >= 15 is 0 Å². The van der Waals surface area contributed by atoms with Crippen LogP contribution < -0.4 is 4.74 Å². The minimum Gasteiger partial charge on any atom is -0.528 e. The van der Waals surface area contributed by atoms with Crippen molar-refractivity contribution in [2.75, 3.05) is 20.1 Å². The number of ether oxygens (including phenoxy) is 1. The van der Waals surface area contributed by atoms with Gasteiger partial charge in [-0.2, -0.15) is 0 Å². The molecule has 0 bridgehead atoms. The van der Waals surface area contributed by atoms with Gasteiger partial charge in [0.1, 0.15) is 5.60 Å². The maximum atomic E-state index is 6.38. The van der Waals surface area contributed by atoms with Gasteiger partial charge in [0.2, 0.25) is 0 Å². The van der Waals surface area contributed by atoms with Crippen LogP contribution in [0.2, 0.25) is 0 Å². The predicted molar refractivity (Wildman–Crippen MR) is 78.4 cm³/mol. The van der Waals surface area contributed by atoms with E-state index in [4.69, 9.17) is 4.74 Å². The number of nitrogens with zero attached hydrogens (tertiary/aromatic N) is 1. The molecule has 109 valence electrons. The first kappa shape index (κ1) is 15.7. The smallest absolute Gasteiger partial charge is 0.528 e. The quantitative estimate of drug-likeness (QED) is 0.521. The Balaban J connectivity index is 0.00000147. The average molecular weight is 357 g/mol. The Kier molecular flexibility index (Phi) is 4.71. The third kappa shape index (κ3) is 2.99. The van der Waals surface area contributed by atoms with Gasteiger partial charge in [-0.15, -0.1) is 34.9 Å². The molecule has 2 aliphatic heterocycles. The van der Waals surface area contributed by atoms with Crippen LogP contribution in [0.5, 0.6) is 5.75 Å². The number of allylic oxidation sites excluding steroid dienone is 1. The Morgan fingerprint density at radius 1 is 1.20 bits per heavy atom. The van der Waals surface area contributed by atoms with Crippen molar-refractivity contribution in [3.63, 3.8) is 0 Å². The Hall–Kier alpha value is -0.657. The number of hydrogen-bond donors (Lipinski definition) is 0. The van der Waals surface area contributed by atoms with E-state index in [9.17, 15) is 0 Å². The van der Waals surface area contributed by atoms with Gasteiger partial charge in [-0.3, -0.25) is 0 Å². The third-order valence-electron chi connectivity index (χ3n) is 4.30. The van der Waals surface area contributed by atoms with Crippen LogP contribution in [-0.4, -0.2) is 30.6 Å². The third-order valence-corrected chi connectivity index (χ3v) is 4.30. The molecule has 0 N–H and O–H groups in total. The molecule has 1 unspecified atom stereocenters. The van der Waals surface area contributed by atoms with Crippen LogP contribution in [0.4, 0.5) is 0 Å². The van der Waals surface area contributed by atoms with Crippen LogP contribution in [0.25, 0.3) is 5.57 Å². The van der Waals surface area contributed by atoms with Crippen LogP contribution >= 0.6 is 0 Å². The van der Waals surface area contributed by atoms with Crippen LogP contribution in [-0.2, 0) is 19.5 Å². The maximum Gasteiger partial charge on any atom is 1.00 e. The van der Waals surface area contributed by atoms with Gasteiger partial charge >= 0.3 is 19.5 Å². The number of rotatable bonds is 0. The van der Waals surface area contributed by atoms with Crippen LogP contribution in [0, 0.1) is 13.0 Å². The molecule has 0 amide bonds. The summed E-state index contributed by atoms with van der Waals surface area (Å²) in [5, 5.41) is 0. The average Bonchev–Trinajstić information content (AvgIpc) is 2.54. The molecule has 1 saturated heterocycles. The monoisotopic (exact) mass is 358 g/mol. The number of hydrogen-bond acceptors (Lipinski definition) is 2. The summed E-state index contributed by atoms with van der Waals surface area (Å²) in [6.07, 6.45) is 5.73. The second-order valence-corrected chi connectivity index (χ2v) is 6.03. The minimum absolute atomic E-state index is 0. The number of likely N-dealkylation sites (tertiary alicyclic amines) is 1. The molecular weight excluding hydrogens is 335 g/mol. The van der Waals surface area contributed by atoms with Crippen molar-refractivity contribution in [1.29, 1.82) is 0 Å². The number of fused-ring (bicyclic) bond motifs is 1. The molecule has 3 rings (SSSR count). The zero-order chi connectivity index (χ0) is 13.5. The first-order valence-electron chi connectivity index (χ1n) is 7.18. The molecule has 2 heterocycles. The Morgan fingerprint density at radius 3 is 2.80 bits per heavy atom. The standard InChI is InChI=1S/C17H22NO.Ru/c1-13-5-6-16-15(11-13)14(2)12-17(19-16)7-4-9-18(3)10-8-17;/h5-6,12H,4,7-10H2,1-3H3;/q-1;+1. The topological polar surface area (TPSA) is 12.5 Å². The molecule has 1 atom stereocenters. The summed E-state index contributed by atoms with van der Waals surface area (Å²) in [5.74, 6) is 1.01. The van der Waals surface area contributed by atoms with Crippen molar-refractivity contribution in [2.45, 2.75) is 38.7 Å². The van der Waals surface area contributed by atoms with Crippen molar-refractivity contribution in [1.82, 2.24) is 4.90 Å². The summed E-state index contributed by atoms with van der Waals surface area (Å²) in [7, 11) is 2.20. The first-order valence-corrected chi connectivity index (χ1v) is 7.18. The second kappa shape index (κ2) is 5.99.